The summed E-state index contributed by atoms with van der Waals surface area (Å²) >= 11 is 0. The molecule has 0 spiro atoms. The van der Waals surface area contributed by atoms with E-state index in [4.69, 9.17) is 9.84 Å². The molecule has 0 aromatic heterocycles. The topological polar surface area (TPSA) is 78.9 Å². The van der Waals surface area contributed by atoms with Crippen LogP contribution in [-0.4, -0.2) is 60.8 Å². The van der Waals surface area contributed by atoms with Gasteiger partial charge in [0.15, 0.2) is 0 Å². The number of hydrogen-bond donors (Lipinski definition) is 2. The Morgan fingerprint density at radius 3 is 2.25 bits per heavy atom. The monoisotopic (exact) mass is 286 g/mol. The molecule has 0 aromatic carbocycles. The van der Waals surface area contributed by atoms with Crippen LogP contribution in [0.15, 0.2) is 0 Å². The first-order chi connectivity index (χ1) is 9.23. The smallest absolute Gasteiger partial charge is 0.323 e. The van der Waals surface area contributed by atoms with Gasteiger partial charge in [0.1, 0.15) is 6.54 Å². The summed E-state index contributed by atoms with van der Waals surface area (Å²) in [5, 5.41) is 12.3. The fourth-order valence-corrected chi connectivity index (χ4v) is 2.64. The number of aliphatic carboxylic acids is 1. The number of carbonyl (C=O) groups is 2. The van der Waals surface area contributed by atoms with E-state index in [0.717, 1.165) is 13.1 Å². The van der Waals surface area contributed by atoms with Gasteiger partial charge in [-0.1, -0.05) is 0 Å². The maximum Gasteiger partial charge on any atom is 0.323 e. The predicted octanol–water partition coefficient (Wildman–Crippen LogP) is 0.714. The number of methoxy groups -OCH3 is 1. The summed E-state index contributed by atoms with van der Waals surface area (Å²) in [4.78, 5) is 25.5. The molecule has 116 valence electrons. The van der Waals surface area contributed by atoms with Crippen LogP contribution in [0.25, 0.3) is 0 Å². The zero-order chi connectivity index (χ0) is 15.4. The second-order valence-corrected chi connectivity index (χ2v) is 6.42. The molecule has 1 fully saturated rings. The molecule has 0 aromatic rings. The Morgan fingerprint density at radius 1 is 1.30 bits per heavy atom. The number of carboxylic acid groups (broad SMARTS) is 1. The average molecular weight is 286 g/mol. The molecule has 0 radical (unpaired) electrons. The van der Waals surface area contributed by atoms with Crippen LogP contribution in [0.5, 0.6) is 0 Å². The van der Waals surface area contributed by atoms with Crippen molar-refractivity contribution in [1.29, 1.82) is 0 Å². The normalized spacial score (nSPS) is 18.6. The molecule has 2 N–H and O–H groups in total. The number of piperidine rings is 1. The molecule has 1 amide bonds. The highest BCUT2D eigenvalue weighted by molar-refractivity contribution is 5.87. The molecule has 0 unspecified atom stereocenters. The fourth-order valence-electron chi connectivity index (χ4n) is 2.64. The summed E-state index contributed by atoms with van der Waals surface area (Å²) in [7, 11) is 1.58. The Morgan fingerprint density at radius 2 is 1.85 bits per heavy atom. The second-order valence-electron chi connectivity index (χ2n) is 6.42. The standard InChI is InChI=1S/C14H26N2O4/c1-13(2,3)16(9-11(17)18)12(19)14(10-20-4)5-7-15-8-6-14/h15H,5-10H2,1-4H3,(H,17,18). The van der Waals surface area contributed by atoms with E-state index in [-0.39, 0.29) is 12.5 Å². The van der Waals surface area contributed by atoms with Gasteiger partial charge < -0.3 is 20.1 Å². The summed E-state index contributed by atoms with van der Waals surface area (Å²) in [5.74, 6) is -1.11. The Hall–Kier alpha value is -1.14. The molecule has 1 rings (SSSR count). The van der Waals surface area contributed by atoms with E-state index in [0.29, 0.717) is 19.4 Å². The van der Waals surface area contributed by atoms with Gasteiger partial charge in [-0.05, 0) is 46.7 Å². The lowest BCUT2D eigenvalue weighted by molar-refractivity contribution is -0.158. The highest BCUT2D eigenvalue weighted by Gasteiger charge is 2.45. The van der Waals surface area contributed by atoms with Crippen molar-refractivity contribution in [2.75, 3.05) is 33.4 Å². The van der Waals surface area contributed by atoms with E-state index in [1.807, 2.05) is 20.8 Å². The zero-order valence-electron chi connectivity index (χ0n) is 12.9. The first-order valence-corrected chi connectivity index (χ1v) is 6.96. The summed E-state index contributed by atoms with van der Waals surface area (Å²) in [6, 6.07) is 0. The lowest BCUT2D eigenvalue weighted by Gasteiger charge is -2.44. The SMILES string of the molecule is COCC1(C(=O)N(CC(=O)O)C(C)(C)C)CCNCC1. The molecule has 0 atom stereocenters. The molecule has 0 bridgehead atoms. The average Bonchev–Trinajstić information content (AvgIpc) is 2.35. The number of rotatable bonds is 5. The Kier molecular flexibility index (Phi) is 5.53. The lowest BCUT2D eigenvalue weighted by atomic mass is 9.77. The van der Waals surface area contributed by atoms with Crippen LogP contribution in [0.2, 0.25) is 0 Å². The Balaban J connectivity index is 3.03. The molecule has 1 aliphatic heterocycles. The molecular formula is C14H26N2O4. The molecule has 1 heterocycles. The number of nitrogens with zero attached hydrogens (tertiary/aromatic N) is 1. The third-order valence-corrected chi connectivity index (χ3v) is 3.78. The number of carboxylic acids is 1. The van der Waals surface area contributed by atoms with Crippen LogP contribution >= 0.6 is 0 Å². The van der Waals surface area contributed by atoms with E-state index in [9.17, 15) is 9.59 Å². The molecule has 6 heteroatoms. The van der Waals surface area contributed by atoms with Crippen molar-refractivity contribution in [3.63, 3.8) is 0 Å². The van der Waals surface area contributed by atoms with E-state index < -0.39 is 16.9 Å². The predicted molar refractivity (Wildman–Crippen MR) is 75.5 cm³/mol. The van der Waals surface area contributed by atoms with Crippen molar-refractivity contribution in [3.8, 4) is 0 Å². The summed E-state index contributed by atoms with van der Waals surface area (Å²) in [6.07, 6.45) is 1.34. The van der Waals surface area contributed by atoms with E-state index in [2.05, 4.69) is 5.32 Å². The first kappa shape index (κ1) is 16.9. The maximum atomic E-state index is 12.9. The Bertz CT molecular complexity index is 351. The van der Waals surface area contributed by atoms with Crippen LogP contribution < -0.4 is 5.32 Å². The molecule has 0 aliphatic carbocycles. The molecular weight excluding hydrogens is 260 g/mol. The lowest BCUT2D eigenvalue weighted by Crippen LogP contribution is -2.57. The molecule has 0 saturated carbocycles. The maximum absolute atomic E-state index is 12.9. The molecule has 1 aliphatic rings. The third kappa shape index (κ3) is 3.93. The number of carbonyl (C=O) groups excluding carboxylic acids is 1. The van der Waals surface area contributed by atoms with Crippen molar-refractivity contribution in [3.05, 3.63) is 0 Å². The molecule has 20 heavy (non-hydrogen) atoms. The van der Waals surface area contributed by atoms with Gasteiger partial charge in [-0.3, -0.25) is 9.59 Å². The summed E-state index contributed by atoms with van der Waals surface area (Å²) in [6.45, 7) is 7.13. The highest BCUT2D eigenvalue weighted by Crippen LogP contribution is 2.33. The van der Waals surface area contributed by atoms with E-state index >= 15 is 0 Å². The van der Waals surface area contributed by atoms with E-state index in [1.54, 1.807) is 7.11 Å². The zero-order valence-corrected chi connectivity index (χ0v) is 12.9. The van der Waals surface area contributed by atoms with Crippen molar-refractivity contribution < 1.29 is 19.4 Å². The highest BCUT2D eigenvalue weighted by atomic mass is 16.5. The minimum atomic E-state index is -0.991. The van der Waals surface area contributed by atoms with Crippen LogP contribution in [0.4, 0.5) is 0 Å². The third-order valence-electron chi connectivity index (χ3n) is 3.78. The minimum Gasteiger partial charge on any atom is -0.480 e. The van der Waals surface area contributed by atoms with Crippen LogP contribution in [0, 0.1) is 5.41 Å². The van der Waals surface area contributed by atoms with Gasteiger partial charge in [-0.2, -0.15) is 0 Å². The van der Waals surface area contributed by atoms with Gasteiger partial charge in [0.2, 0.25) is 5.91 Å². The van der Waals surface area contributed by atoms with Gasteiger partial charge in [0.25, 0.3) is 0 Å². The fraction of sp³-hybridized carbons (Fsp3) is 0.857. The molecule has 1 saturated heterocycles. The van der Waals surface area contributed by atoms with Crippen molar-refractivity contribution >= 4 is 11.9 Å². The van der Waals surface area contributed by atoms with Crippen molar-refractivity contribution in [1.82, 2.24) is 10.2 Å². The van der Waals surface area contributed by atoms with Gasteiger partial charge >= 0.3 is 5.97 Å². The Labute approximate surface area is 120 Å². The quantitative estimate of drug-likeness (QED) is 0.778. The number of hydrogen-bond acceptors (Lipinski definition) is 4. The minimum absolute atomic E-state index is 0.115. The van der Waals surface area contributed by atoms with Gasteiger partial charge in [-0.25, -0.2) is 0 Å². The van der Waals surface area contributed by atoms with Gasteiger partial charge in [-0.15, -0.1) is 0 Å². The van der Waals surface area contributed by atoms with Gasteiger partial charge in [0.05, 0.1) is 12.0 Å². The van der Waals surface area contributed by atoms with Crippen LogP contribution in [-0.2, 0) is 14.3 Å². The van der Waals surface area contributed by atoms with E-state index in [1.165, 1.54) is 4.90 Å². The number of ether oxygens (including phenoxy) is 1. The summed E-state index contributed by atoms with van der Waals surface area (Å²) < 4.78 is 5.25. The number of nitrogens with one attached hydrogen (secondary N) is 1. The van der Waals surface area contributed by atoms with Crippen LogP contribution in [0.1, 0.15) is 33.6 Å². The van der Waals surface area contributed by atoms with Gasteiger partial charge in [0, 0.05) is 12.6 Å². The van der Waals surface area contributed by atoms with Crippen LogP contribution in [0.3, 0.4) is 0 Å². The second kappa shape index (κ2) is 6.54. The largest absolute Gasteiger partial charge is 0.480 e. The molecule has 6 nitrogen and oxygen atoms in total. The number of amides is 1. The summed E-state index contributed by atoms with van der Waals surface area (Å²) in [5.41, 5.74) is -1.14. The first-order valence-electron chi connectivity index (χ1n) is 6.96. The van der Waals surface area contributed by atoms with Crippen molar-refractivity contribution in [2.24, 2.45) is 5.41 Å². The van der Waals surface area contributed by atoms with Crippen molar-refractivity contribution in [2.45, 2.75) is 39.2 Å².